The lowest BCUT2D eigenvalue weighted by atomic mass is 10.0. The SMILES string of the molecule is CC(O)c1onc(-c2ccc(Cl)cc2)c1-c1nc(-c2ccc(Cl)cc2)no1. The third-order valence-electron chi connectivity index (χ3n) is 3.96. The summed E-state index contributed by atoms with van der Waals surface area (Å²) in [4.78, 5) is 4.44. The molecule has 2 aromatic heterocycles. The van der Waals surface area contributed by atoms with Crippen LogP contribution >= 0.6 is 23.2 Å². The monoisotopic (exact) mass is 401 g/mol. The highest BCUT2D eigenvalue weighted by molar-refractivity contribution is 6.30. The van der Waals surface area contributed by atoms with Crippen molar-refractivity contribution in [3.05, 3.63) is 64.3 Å². The molecule has 0 saturated carbocycles. The first-order chi connectivity index (χ1) is 13.0. The standard InChI is InChI=1S/C19H13Cl2N3O3/c1-10(25)17-15(16(23-26-17)11-2-6-13(20)7-3-11)19-22-18(24-27-19)12-4-8-14(21)9-5-12/h2-10,25H,1H3. The van der Waals surface area contributed by atoms with Crippen LogP contribution in [0.4, 0.5) is 0 Å². The van der Waals surface area contributed by atoms with Gasteiger partial charge in [0.25, 0.3) is 5.89 Å². The molecule has 2 aromatic carbocycles. The second kappa shape index (κ2) is 7.15. The van der Waals surface area contributed by atoms with E-state index in [1.54, 1.807) is 55.5 Å². The predicted molar refractivity (Wildman–Crippen MR) is 101 cm³/mol. The van der Waals surface area contributed by atoms with Gasteiger partial charge in [0.2, 0.25) is 5.82 Å². The highest BCUT2D eigenvalue weighted by Crippen LogP contribution is 2.37. The quantitative estimate of drug-likeness (QED) is 0.491. The molecule has 0 aliphatic carbocycles. The van der Waals surface area contributed by atoms with E-state index in [2.05, 4.69) is 15.3 Å². The van der Waals surface area contributed by atoms with E-state index in [0.29, 0.717) is 27.1 Å². The second-order valence-corrected chi connectivity index (χ2v) is 6.76. The number of aromatic nitrogens is 3. The topological polar surface area (TPSA) is 85.2 Å². The van der Waals surface area contributed by atoms with E-state index in [1.165, 1.54) is 0 Å². The molecule has 6 nitrogen and oxygen atoms in total. The molecule has 0 bridgehead atoms. The van der Waals surface area contributed by atoms with Gasteiger partial charge in [-0.3, -0.25) is 0 Å². The molecule has 136 valence electrons. The summed E-state index contributed by atoms with van der Waals surface area (Å²) in [6.45, 7) is 1.58. The van der Waals surface area contributed by atoms with Gasteiger partial charge in [-0.05, 0) is 43.3 Å². The van der Waals surface area contributed by atoms with Gasteiger partial charge in [0.15, 0.2) is 5.76 Å². The molecule has 0 fully saturated rings. The molecule has 1 unspecified atom stereocenters. The first-order valence-electron chi connectivity index (χ1n) is 8.06. The van der Waals surface area contributed by atoms with Crippen molar-refractivity contribution in [3.8, 4) is 34.1 Å². The molecule has 0 aliphatic heterocycles. The minimum absolute atomic E-state index is 0.196. The van der Waals surface area contributed by atoms with Crippen LogP contribution in [-0.2, 0) is 0 Å². The zero-order valence-electron chi connectivity index (χ0n) is 14.1. The predicted octanol–water partition coefficient (Wildman–Crippen LogP) is 5.42. The fourth-order valence-corrected chi connectivity index (χ4v) is 2.89. The van der Waals surface area contributed by atoms with Crippen LogP contribution in [0.5, 0.6) is 0 Å². The third kappa shape index (κ3) is 3.47. The van der Waals surface area contributed by atoms with E-state index < -0.39 is 6.10 Å². The van der Waals surface area contributed by atoms with Crippen molar-refractivity contribution in [3.63, 3.8) is 0 Å². The Kier molecular flexibility index (Phi) is 4.70. The minimum atomic E-state index is -0.903. The Morgan fingerprint density at radius 2 is 1.44 bits per heavy atom. The molecular weight excluding hydrogens is 389 g/mol. The van der Waals surface area contributed by atoms with E-state index in [9.17, 15) is 5.11 Å². The van der Waals surface area contributed by atoms with Crippen LogP contribution in [0.1, 0.15) is 18.8 Å². The minimum Gasteiger partial charge on any atom is -0.385 e. The van der Waals surface area contributed by atoms with Gasteiger partial charge in [0.1, 0.15) is 17.4 Å². The Hall–Kier alpha value is -2.67. The lowest BCUT2D eigenvalue weighted by Gasteiger charge is -2.02. The van der Waals surface area contributed by atoms with Crippen LogP contribution in [0.25, 0.3) is 34.1 Å². The summed E-state index contributed by atoms with van der Waals surface area (Å²) in [7, 11) is 0. The van der Waals surface area contributed by atoms with Crippen molar-refractivity contribution in [2.24, 2.45) is 0 Å². The smallest absolute Gasteiger partial charge is 0.264 e. The summed E-state index contributed by atoms with van der Waals surface area (Å²) in [6, 6.07) is 14.1. The van der Waals surface area contributed by atoms with Gasteiger partial charge in [-0.2, -0.15) is 4.98 Å². The van der Waals surface area contributed by atoms with Crippen molar-refractivity contribution < 1.29 is 14.2 Å². The van der Waals surface area contributed by atoms with Gasteiger partial charge in [-0.25, -0.2) is 0 Å². The van der Waals surface area contributed by atoms with Crippen molar-refractivity contribution in [2.45, 2.75) is 13.0 Å². The fraction of sp³-hybridized carbons (Fsp3) is 0.105. The number of aliphatic hydroxyl groups is 1. The van der Waals surface area contributed by atoms with Gasteiger partial charge >= 0.3 is 0 Å². The molecule has 0 spiro atoms. The summed E-state index contributed by atoms with van der Waals surface area (Å²) in [5.74, 6) is 0.828. The molecule has 1 N–H and O–H groups in total. The summed E-state index contributed by atoms with van der Waals surface area (Å²) in [5, 5.41) is 19.4. The van der Waals surface area contributed by atoms with E-state index in [1.807, 2.05) is 0 Å². The average molecular weight is 402 g/mol. The van der Waals surface area contributed by atoms with Gasteiger partial charge in [0.05, 0.1) is 0 Å². The summed E-state index contributed by atoms with van der Waals surface area (Å²) in [6.07, 6.45) is -0.903. The van der Waals surface area contributed by atoms with Crippen LogP contribution in [-0.4, -0.2) is 20.4 Å². The van der Waals surface area contributed by atoms with Crippen molar-refractivity contribution in [2.75, 3.05) is 0 Å². The van der Waals surface area contributed by atoms with Crippen molar-refractivity contribution in [1.29, 1.82) is 0 Å². The number of rotatable bonds is 4. The summed E-state index contributed by atoms with van der Waals surface area (Å²) < 4.78 is 10.8. The van der Waals surface area contributed by atoms with E-state index in [4.69, 9.17) is 32.2 Å². The van der Waals surface area contributed by atoms with E-state index in [0.717, 1.165) is 11.1 Å². The highest BCUT2D eigenvalue weighted by Gasteiger charge is 2.27. The molecule has 0 saturated heterocycles. The van der Waals surface area contributed by atoms with Crippen molar-refractivity contribution in [1.82, 2.24) is 15.3 Å². The maximum Gasteiger partial charge on any atom is 0.264 e. The van der Waals surface area contributed by atoms with Gasteiger partial charge in [0, 0.05) is 21.2 Å². The van der Waals surface area contributed by atoms with Gasteiger partial charge in [-0.15, -0.1) is 0 Å². The number of hydrogen-bond donors (Lipinski definition) is 1. The molecule has 8 heteroatoms. The molecular formula is C19H13Cl2N3O3. The fourth-order valence-electron chi connectivity index (χ4n) is 2.64. The first-order valence-corrected chi connectivity index (χ1v) is 8.82. The highest BCUT2D eigenvalue weighted by atomic mass is 35.5. The van der Waals surface area contributed by atoms with Crippen LogP contribution in [0, 0.1) is 0 Å². The second-order valence-electron chi connectivity index (χ2n) is 5.88. The summed E-state index contributed by atoms with van der Waals surface area (Å²) in [5.41, 5.74) is 2.42. The Bertz CT molecular complexity index is 1070. The molecule has 0 aliphatic rings. The zero-order chi connectivity index (χ0) is 19.0. The molecule has 0 radical (unpaired) electrons. The number of halogens is 2. The van der Waals surface area contributed by atoms with Crippen LogP contribution in [0.15, 0.2) is 57.6 Å². The molecule has 27 heavy (non-hydrogen) atoms. The molecule has 1 atom stereocenters. The average Bonchev–Trinajstić information content (AvgIpc) is 3.30. The normalized spacial score (nSPS) is 12.3. The lowest BCUT2D eigenvalue weighted by molar-refractivity contribution is 0.158. The molecule has 2 heterocycles. The number of benzene rings is 2. The lowest BCUT2D eigenvalue weighted by Crippen LogP contribution is -1.93. The zero-order valence-corrected chi connectivity index (χ0v) is 15.6. The maximum absolute atomic E-state index is 10.1. The Labute approximate surface area is 164 Å². The number of hydrogen-bond acceptors (Lipinski definition) is 6. The Morgan fingerprint density at radius 1 is 0.852 bits per heavy atom. The van der Waals surface area contributed by atoms with Gasteiger partial charge < -0.3 is 14.2 Å². The maximum atomic E-state index is 10.1. The largest absolute Gasteiger partial charge is 0.385 e. The Balaban J connectivity index is 1.82. The van der Waals surface area contributed by atoms with Crippen LogP contribution in [0.2, 0.25) is 10.0 Å². The number of nitrogens with zero attached hydrogens (tertiary/aromatic N) is 3. The Morgan fingerprint density at radius 3 is 2.04 bits per heavy atom. The van der Waals surface area contributed by atoms with E-state index in [-0.39, 0.29) is 11.7 Å². The third-order valence-corrected chi connectivity index (χ3v) is 4.46. The van der Waals surface area contributed by atoms with Crippen LogP contribution in [0.3, 0.4) is 0 Å². The van der Waals surface area contributed by atoms with E-state index >= 15 is 0 Å². The summed E-state index contributed by atoms with van der Waals surface area (Å²) >= 11 is 11.9. The van der Waals surface area contributed by atoms with Crippen LogP contribution < -0.4 is 0 Å². The van der Waals surface area contributed by atoms with Crippen molar-refractivity contribution >= 4 is 23.2 Å². The number of aliphatic hydroxyl groups excluding tert-OH is 1. The molecule has 0 amide bonds. The first kappa shape index (κ1) is 17.7. The van der Waals surface area contributed by atoms with Gasteiger partial charge in [-0.1, -0.05) is 45.6 Å². The molecule has 4 rings (SSSR count). The molecule has 4 aromatic rings.